The fourth-order valence-corrected chi connectivity index (χ4v) is 2.67. The molecule has 0 spiro atoms. The second-order valence-corrected chi connectivity index (χ2v) is 5.40. The Morgan fingerprint density at radius 1 is 1.29 bits per heavy atom. The number of aliphatic hydroxyl groups is 1. The van der Waals surface area contributed by atoms with Crippen molar-refractivity contribution in [3.8, 4) is 0 Å². The first-order valence-electron chi connectivity index (χ1n) is 7.25. The highest BCUT2D eigenvalue weighted by Gasteiger charge is 2.33. The number of aliphatic hydroxyl groups excluding tert-OH is 1. The Hall–Kier alpha value is -1.27. The summed E-state index contributed by atoms with van der Waals surface area (Å²) in [5, 5.41) is 8.99. The summed E-state index contributed by atoms with van der Waals surface area (Å²) in [6, 6.07) is 4.53. The lowest BCUT2D eigenvalue weighted by Crippen LogP contribution is -2.41. The molecule has 6 heteroatoms. The summed E-state index contributed by atoms with van der Waals surface area (Å²) in [7, 11) is 0. The maximum absolute atomic E-state index is 12.9. The van der Waals surface area contributed by atoms with Gasteiger partial charge >= 0.3 is 6.18 Å². The van der Waals surface area contributed by atoms with E-state index in [1.807, 2.05) is 0 Å². The van der Waals surface area contributed by atoms with Crippen molar-refractivity contribution >= 4 is 5.69 Å². The van der Waals surface area contributed by atoms with Gasteiger partial charge in [-0.05, 0) is 49.4 Å². The average Bonchev–Trinajstić information content (AvgIpc) is 2.39. The van der Waals surface area contributed by atoms with E-state index in [4.69, 9.17) is 10.8 Å². The molecule has 21 heavy (non-hydrogen) atoms. The molecular formula is C15H21F3N2O. The highest BCUT2D eigenvalue weighted by Crippen LogP contribution is 2.36. The highest BCUT2D eigenvalue weighted by molar-refractivity contribution is 5.53. The molecule has 0 unspecified atom stereocenters. The molecule has 1 fully saturated rings. The lowest BCUT2D eigenvalue weighted by Gasteiger charge is -2.39. The summed E-state index contributed by atoms with van der Waals surface area (Å²) in [4.78, 5) is 2.10. The Morgan fingerprint density at radius 2 is 2.00 bits per heavy atom. The van der Waals surface area contributed by atoms with Gasteiger partial charge in [-0.2, -0.15) is 13.2 Å². The Balaban J connectivity index is 2.28. The molecule has 1 saturated carbocycles. The first-order valence-corrected chi connectivity index (χ1v) is 7.25. The van der Waals surface area contributed by atoms with E-state index in [1.165, 1.54) is 6.07 Å². The van der Waals surface area contributed by atoms with E-state index in [0.717, 1.165) is 31.0 Å². The molecular weight excluding hydrogens is 281 g/mol. The van der Waals surface area contributed by atoms with E-state index in [2.05, 4.69) is 4.90 Å². The number of alkyl halides is 3. The number of hydrogen-bond acceptors (Lipinski definition) is 3. The molecule has 0 aliphatic heterocycles. The molecule has 0 heterocycles. The second kappa shape index (κ2) is 6.66. The van der Waals surface area contributed by atoms with Gasteiger partial charge in [0, 0.05) is 31.4 Å². The Morgan fingerprint density at radius 3 is 2.48 bits per heavy atom. The first-order chi connectivity index (χ1) is 9.97. The van der Waals surface area contributed by atoms with E-state index in [-0.39, 0.29) is 18.7 Å². The number of halogens is 3. The van der Waals surface area contributed by atoms with Crippen LogP contribution in [0.2, 0.25) is 0 Å². The van der Waals surface area contributed by atoms with Gasteiger partial charge in [-0.25, -0.2) is 0 Å². The minimum absolute atomic E-state index is 0.0770. The number of rotatable bonds is 6. The van der Waals surface area contributed by atoms with Crippen LogP contribution in [0.1, 0.15) is 36.8 Å². The highest BCUT2D eigenvalue weighted by atomic mass is 19.4. The van der Waals surface area contributed by atoms with Crippen molar-refractivity contribution in [3.63, 3.8) is 0 Å². The van der Waals surface area contributed by atoms with Crippen LogP contribution in [0.5, 0.6) is 0 Å². The van der Waals surface area contributed by atoms with Gasteiger partial charge in [0.25, 0.3) is 0 Å². The van der Waals surface area contributed by atoms with Crippen molar-refractivity contribution in [2.45, 2.75) is 44.4 Å². The second-order valence-electron chi connectivity index (χ2n) is 5.40. The predicted molar refractivity (Wildman–Crippen MR) is 76.0 cm³/mol. The predicted octanol–water partition coefficient (Wildman–Crippen LogP) is 2.91. The minimum Gasteiger partial charge on any atom is -0.396 e. The summed E-state index contributed by atoms with van der Waals surface area (Å²) in [6.07, 6.45) is -0.533. The molecule has 1 aromatic carbocycles. The minimum atomic E-state index is -4.38. The number of anilines is 1. The summed E-state index contributed by atoms with van der Waals surface area (Å²) in [5.74, 6) is 0. The average molecular weight is 302 g/mol. The van der Waals surface area contributed by atoms with Crippen LogP contribution >= 0.6 is 0 Å². The molecule has 118 valence electrons. The summed E-state index contributed by atoms with van der Waals surface area (Å²) < 4.78 is 38.7. The van der Waals surface area contributed by atoms with Crippen LogP contribution in [-0.4, -0.2) is 24.3 Å². The van der Waals surface area contributed by atoms with Crippen LogP contribution in [0.3, 0.4) is 0 Å². The fraction of sp³-hybridized carbons (Fsp3) is 0.600. The number of nitrogens with zero attached hydrogens (tertiary/aromatic N) is 1. The van der Waals surface area contributed by atoms with E-state index >= 15 is 0 Å². The van der Waals surface area contributed by atoms with Gasteiger partial charge in [-0.3, -0.25) is 0 Å². The molecule has 0 bridgehead atoms. The van der Waals surface area contributed by atoms with Crippen LogP contribution < -0.4 is 10.6 Å². The van der Waals surface area contributed by atoms with E-state index < -0.39 is 11.7 Å². The third-order valence-electron chi connectivity index (χ3n) is 4.02. The van der Waals surface area contributed by atoms with Crippen molar-refractivity contribution in [3.05, 3.63) is 29.3 Å². The molecule has 0 saturated heterocycles. The topological polar surface area (TPSA) is 49.5 Å². The first kappa shape index (κ1) is 16.1. The smallest absolute Gasteiger partial charge is 0.396 e. The third-order valence-corrected chi connectivity index (χ3v) is 4.02. The maximum atomic E-state index is 12.9. The molecule has 1 aromatic rings. The standard InChI is InChI=1S/C15H21F3N2O/c16-15(17,18)14-6-5-13(9-11(14)10-19)20(7-2-8-21)12-3-1-4-12/h5-6,9,12,21H,1-4,7-8,10,19H2. The van der Waals surface area contributed by atoms with Gasteiger partial charge in [-0.1, -0.05) is 0 Å². The number of hydrogen-bond donors (Lipinski definition) is 2. The normalized spacial score (nSPS) is 15.9. The summed E-state index contributed by atoms with van der Waals surface area (Å²) >= 11 is 0. The number of benzene rings is 1. The van der Waals surface area contributed by atoms with E-state index in [0.29, 0.717) is 19.0 Å². The Labute approximate surface area is 122 Å². The zero-order chi connectivity index (χ0) is 15.5. The van der Waals surface area contributed by atoms with Crippen LogP contribution in [-0.2, 0) is 12.7 Å². The zero-order valence-electron chi connectivity index (χ0n) is 11.9. The quantitative estimate of drug-likeness (QED) is 0.849. The summed E-state index contributed by atoms with van der Waals surface area (Å²) in [6.45, 7) is 0.589. The van der Waals surface area contributed by atoms with Crippen molar-refractivity contribution in [2.24, 2.45) is 5.73 Å². The van der Waals surface area contributed by atoms with Crippen molar-refractivity contribution in [1.29, 1.82) is 0 Å². The van der Waals surface area contributed by atoms with Gasteiger partial charge < -0.3 is 15.7 Å². The molecule has 1 aliphatic carbocycles. The van der Waals surface area contributed by atoms with Crippen molar-refractivity contribution in [1.82, 2.24) is 0 Å². The van der Waals surface area contributed by atoms with Gasteiger partial charge in [-0.15, -0.1) is 0 Å². The monoisotopic (exact) mass is 302 g/mol. The van der Waals surface area contributed by atoms with Gasteiger partial charge in [0.2, 0.25) is 0 Å². The molecule has 3 nitrogen and oxygen atoms in total. The Kier molecular flexibility index (Phi) is 5.11. The molecule has 3 N–H and O–H groups in total. The lowest BCUT2D eigenvalue weighted by atomic mass is 9.90. The van der Waals surface area contributed by atoms with Crippen LogP contribution in [0.25, 0.3) is 0 Å². The van der Waals surface area contributed by atoms with Gasteiger partial charge in [0.15, 0.2) is 0 Å². The van der Waals surface area contributed by atoms with Crippen LogP contribution in [0.15, 0.2) is 18.2 Å². The van der Waals surface area contributed by atoms with Crippen LogP contribution in [0.4, 0.5) is 18.9 Å². The lowest BCUT2D eigenvalue weighted by molar-refractivity contribution is -0.138. The summed E-state index contributed by atoms with van der Waals surface area (Å²) in [5.41, 5.74) is 5.70. The molecule has 0 aromatic heterocycles. The van der Waals surface area contributed by atoms with Gasteiger partial charge in [0.05, 0.1) is 5.56 Å². The van der Waals surface area contributed by atoms with Crippen LogP contribution in [0, 0.1) is 0 Å². The van der Waals surface area contributed by atoms with Crippen molar-refractivity contribution in [2.75, 3.05) is 18.1 Å². The molecule has 1 aliphatic rings. The van der Waals surface area contributed by atoms with E-state index in [1.54, 1.807) is 6.07 Å². The molecule has 2 rings (SSSR count). The Bertz CT molecular complexity index is 472. The SMILES string of the molecule is NCc1cc(N(CCCO)C2CCC2)ccc1C(F)(F)F. The molecule has 0 amide bonds. The van der Waals surface area contributed by atoms with Crippen molar-refractivity contribution < 1.29 is 18.3 Å². The molecule has 0 radical (unpaired) electrons. The van der Waals surface area contributed by atoms with Gasteiger partial charge in [0.1, 0.15) is 0 Å². The largest absolute Gasteiger partial charge is 0.416 e. The third kappa shape index (κ3) is 3.68. The maximum Gasteiger partial charge on any atom is 0.416 e. The fourth-order valence-electron chi connectivity index (χ4n) is 2.67. The van der Waals surface area contributed by atoms with E-state index in [9.17, 15) is 13.2 Å². The zero-order valence-corrected chi connectivity index (χ0v) is 11.9. The number of nitrogens with two attached hydrogens (primary N) is 1. The molecule has 0 atom stereocenters.